The maximum atomic E-state index is 6.00. The summed E-state index contributed by atoms with van der Waals surface area (Å²) in [7, 11) is 4.01. The summed E-state index contributed by atoms with van der Waals surface area (Å²) in [5.41, 5.74) is 6.48. The third-order valence-corrected chi connectivity index (χ3v) is 2.43. The lowest BCUT2D eigenvalue weighted by atomic mass is 10.2. The van der Waals surface area contributed by atoms with Gasteiger partial charge >= 0.3 is 0 Å². The number of ether oxygens (including phenoxy) is 1. The molecule has 0 saturated carbocycles. The first-order valence-corrected chi connectivity index (χ1v) is 5.28. The number of nitrogens with two attached hydrogens (primary N) is 1. The number of benzene rings is 1. The van der Waals surface area contributed by atoms with Gasteiger partial charge in [-0.3, -0.25) is 0 Å². The Kier molecular flexibility index (Phi) is 4.88. The Morgan fingerprint density at radius 2 is 2.13 bits per heavy atom. The Morgan fingerprint density at radius 3 is 2.73 bits per heavy atom. The minimum absolute atomic E-state index is 0.400. The second-order valence-electron chi connectivity index (χ2n) is 3.57. The Morgan fingerprint density at radius 1 is 1.40 bits per heavy atom. The molecule has 0 spiro atoms. The van der Waals surface area contributed by atoms with E-state index in [0.717, 1.165) is 17.9 Å². The van der Waals surface area contributed by atoms with E-state index in [2.05, 4.69) is 4.90 Å². The van der Waals surface area contributed by atoms with E-state index in [9.17, 15) is 0 Å². The summed E-state index contributed by atoms with van der Waals surface area (Å²) in [6.07, 6.45) is 0. The van der Waals surface area contributed by atoms with Gasteiger partial charge in [0.15, 0.2) is 0 Å². The van der Waals surface area contributed by atoms with Gasteiger partial charge in [0, 0.05) is 23.7 Å². The lowest BCUT2D eigenvalue weighted by molar-refractivity contribution is 0.259. The summed E-state index contributed by atoms with van der Waals surface area (Å²) in [6, 6.07) is 5.58. The summed E-state index contributed by atoms with van der Waals surface area (Å²) < 4.78 is 5.61. The molecule has 1 rings (SSSR count). The van der Waals surface area contributed by atoms with Crippen LogP contribution in [-0.2, 0) is 6.54 Å². The number of likely N-dealkylation sites (N-methyl/N-ethyl adjacent to an activating group) is 1. The highest BCUT2D eigenvalue weighted by atomic mass is 35.5. The summed E-state index contributed by atoms with van der Waals surface area (Å²) in [4.78, 5) is 2.06. The average Bonchev–Trinajstić information content (AvgIpc) is 2.17. The third kappa shape index (κ3) is 3.70. The van der Waals surface area contributed by atoms with Crippen molar-refractivity contribution in [3.05, 3.63) is 28.8 Å². The highest BCUT2D eigenvalue weighted by Gasteiger charge is 2.05. The molecular weight excluding hydrogens is 212 g/mol. The van der Waals surface area contributed by atoms with Gasteiger partial charge in [0.1, 0.15) is 12.4 Å². The summed E-state index contributed by atoms with van der Waals surface area (Å²) in [5, 5.41) is 0.667. The molecular formula is C11H17ClN2O. The minimum Gasteiger partial charge on any atom is -0.492 e. The largest absolute Gasteiger partial charge is 0.492 e. The molecule has 3 nitrogen and oxygen atoms in total. The molecule has 0 aliphatic heterocycles. The van der Waals surface area contributed by atoms with Crippen LogP contribution in [0.25, 0.3) is 0 Å². The molecule has 4 heteroatoms. The van der Waals surface area contributed by atoms with E-state index in [1.807, 2.05) is 32.3 Å². The standard InChI is InChI=1S/C11H17ClN2O/c1-14(2)6-7-15-11-5-3-4-10(12)9(11)8-13/h3-5H,6-8,13H2,1-2H3. The summed E-state index contributed by atoms with van der Waals surface area (Å²) in [6.45, 7) is 1.91. The number of nitrogens with zero attached hydrogens (tertiary/aromatic N) is 1. The van der Waals surface area contributed by atoms with Gasteiger partial charge in [-0.1, -0.05) is 17.7 Å². The average molecular weight is 229 g/mol. The van der Waals surface area contributed by atoms with E-state index in [-0.39, 0.29) is 0 Å². The fourth-order valence-corrected chi connectivity index (χ4v) is 1.45. The van der Waals surface area contributed by atoms with Crippen molar-refractivity contribution >= 4 is 11.6 Å². The Labute approximate surface area is 95.8 Å². The number of hydrogen-bond acceptors (Lipinski definition) is 3. The molecule has 15 heavy (non-hydrogen) atoms. The van der Waals surface area contributed by atoms with Crippen molar-refractivity contribution in [1.82, 2.24) is 4.90 Å². The molecule has 0 unspecified atom stereocenters. The predicted molar refractivity (Wildman–Crippen MR) is 63.4 cm³/mol. The van der Waals surface area contributed by atoms with Gasteiger partial charge in [-0.2, -0.15) is 0 Å². The van der Waals surface area contributed by atoms with Crippen LogP contribution in [0.2, 0.25) is 5.02 Å². The third-order valence-electron chi connectivity index (χ3n) is 2.08. The van der Waals surface area contributed by atoms with Gasteiger partial charge in [0.25, 0.3) is 0 Å². The smallest absolute Gasteiger partial charge is 0.125 e. The van der Waals surface area contributed by atoms with Crippen molar-refractivity contribution in [2.24, 2.45) is 5.73 Å². The lowest BCUT2D eigenvalue weighted by Crippen LogP contribution is -2.20. The van der Waals surface area contributed by atoms with E-state index in [1.165, 1.54) is 0 Å². The number of rotatable bonds is 5. The minimum atomic E-state index is 0.400. The van der Waals surface area contributed by atoms with Crippen LogP contribution in [0.15, 0.2) is 18.2 Å². The molecule has 0 aromatic heterocycles. The van der Waals surface area contributed by atoms with Crippen LogP contribution < -0.4 is 10.5 Å². The van der Waals surface area contributed by atoms with Gasteiger partial charge in [-0.05, 0) is 26.2 Å². The van der Waals surface area contributed by atoms with Crippen LogP contribution in [0.4, 0.5) is 0 Å². The maximum absolute atomic E-state index is 6.00. The monoisotopic (exact) mass is 228 g/mol. The van der Waals surface area contributed by atoms with Gasteiger partial charge in [-0.25, -0.2) is 0 Å². The molecule has 0 radical (unpaired) electrons. The Balaban J connectivity index is 2.64. The van der Waals surface area contributed by atoms with Crippen LogP contribution in [0.1, 0.15) is 5.56 Å². The van der Waals surface area contributed by atoms with E-state index < -0.39 is 0 Å². The first-order valence-electron chi connectivity index (χ1n) is 4.90. The van der Waals surface area contributed by atoms with E-state index in [4.69, 9.17) is 22.1 Å². The fraction of sp³-hybridized carbons (Fsp3) is 0.455. The molecule has 0 amide bonds. The van der Waals surface area contributed by atoms with Crippen LogP contribution in [-0.4, -0.2) is 32.1 Å². The first kappa shape index (κ1) is 12.3. The second kappa shape index (κ2) is 5.95. The molecule has 0 fully saturated rings. The molecule has 0 aliphatic carbocycles. The van der Waals surface area contributed by atoms with Crippen LogP contribution in [0.5, 0.6) is 5.75 Å². The van der Waals surface area contributed by atoms with Crippen molar-refractivity contribution in [2.75, 3.05) is 27.2 Å². The van der Waals surface area contributed by atoms with Crippen molar-refractivity contribution < 1.29 is 4.74 Å². The van der Waals surface area contributed by atoms with E-state index >= 15 is 0 Å². The zero-order valence-corrected chi connectivity index (χ0v) is 9.92. The molecule has 2 N–H and O–H groups in total. The topological polar surface area (TPSA) is 38.5 Å². The molecule has 0 heterocycles. The molecule has 0 atom stereocenters. The molecule has 1 aromatic carbocycles. The Hall–Kier alpha value is -0.770. The van der Waals surface area contributed by atoms with Gasteiger partial charge in [0.05, 0.1) is 0 Å². The maximum Gasteiger partial charge on any atom is 0.125 e. The Bertz CT molecular complexity index is 315. The predicted octanol–water partition coefficient (Wildman–Crippen LogP) is 1.74. The van der Waals surface area contributed by atoms with Gasteiger partial charge in [0.2, 0.25) is 0 Å². The van der Waals surface area contributed by atoms with Gasteiger partial charge in [-0.15, -0.1) is 0 Å². The van der Waals surface area contributed by atoms with Gasteiger partial charge < -0.3 is 15.4 Å². The van der Waals surface area contributed by atoms with Crippen LogP contribution in [0, 0.1) is 0 Å². The number of halogens is 1. The first-order chi connectivity index (χ1) is 7.15. The van der Waals surface area contributed by atoms with Crippen molar-refractivity contribution in [1.29, 1.82) is 0 Å². The van der Waals surface area contributed by atoms with Crippen molar-refractivity contribution in [3.63, 3.8) is 0 Å². The van der Waals surface area contributed by atoms with Crippen molar-refractivity contribution in [3.8, 4) is 5.75 Å². The number of hydrogen-bond donors (Lipinski definition) is 1. The highest BCUT2D eigenvalue weighted by Crippen LogP contribution is 2.25. The molecule has 84 valence electrons. The molecule has 0 aliphatic rings. The second-order valence-corrected chi connectivity index (χ2v) is 3.98. The zero-order chi connectivity index (χ0) is 11.3. The fourth-order valence-electron chi connectivity index (χ4n) is 1.21. The summed E-state index contributed by atoms with van der Waals surface area (Å²) in [5.74, 6) is 0.784. The van der Waals surface area contributed by atoms with E-state index in [0.29, 0.717) is 18.2 Å². The van der Waals surface area contributed by atoms with Crippen molar-refractivity contribution in [2.45, 2.75) is 6.54 Å². The van der Waals surface area contributed by atoms with Crippen LogP contribution in [0.3, 0.4) is 0 Å². The molecule has 1 aromatic rings. The van der Waals surface area contributed by atoms with Crippen LogP contribution >= 0.6 is 11.6 Å². The quantitative estimate of drug-likeness (QED) is 0.835. The molecule has 0 bridgehead atoms. The summed E-state index contributed by atoms with van der Waals surface area (Å²) >= 11 is 6.00. The highest BCUT2D eigenvalue weighted by molar-refractivity contribution is 6.31. The molecule has 0 saturated heterocycles. The normalized spacial score (nSPS) is 10.7. The lowest BCUT2D eigenvalue weighted by Gasteiger charge is -2.14. The zero-order valence-electron chi connectivity index (χ0n) is 9.16. The SMILES string of the molecule is CN(C)CCOc1cccc(Cl)c1CN. The van der Waals surface area contributed by atoms with E-state index in [1.54, 1.807) is 0 Å².